The molecule has 1 aliphatic rings. The minimum absolute atomic E-state index is 0. The molecule has 0 bridgehead atoms. The highest BCUT2D eigenvalue weighted by atomic mass is 16.5. The second-order valence-electron chi connectivity index (χ2n) is 10.4. The van der Waals surface area contributed by atoms with Gasteiger partial charge in [-0.15, -0.1) is 0 Å². The van der Waals surface area contributed by atoms with Crippen LogP contribution in [-0.4, -0.2) is 48.1 Å². The number of amides is 1. The van der Waals surface area contributed by atoms with Crippen molar-refractivity contribution in [3.63, 3.8) is 0 Å². The molecule has 5 rings (SSSR count). The van der Waals surface area contributed by atoms with Gasteiger partial charge in [-0.25, -0.2) is 4.98 Å². The first-order valence-electron chi connectivity index (χ1n) is 14.2. The van der Waals surface area contributed by atoms with Crippen LogP contribution in [0.4, 0.5) is 0 Å². The summed E-state index contributed by atoms with van der Waals surface area (Å²) in [5.74, 6) is 1.57. The summed E-state index contributed by atoms with van der Waals surface area (Å²) >= 11 is 0. The maximum atomic E-state index is 13.1. The molecule has 2 atom stereocenters. The Bertz CT molecular complexity index is 1450. The summed E-state index contributed by atoms with van der Waals surface area (Å²) in [4.78, 5) is 32.4. The Morgan fingerprint density at radius 2 is 1.67 bits per heavy atom. The van der Waals surface area contributed by atoms with Gasteiger partial charge in [-0.1, -0.05) is 68.1 Å². The highest BCUT2D eigenvalue weighted by molar-refractivity contribution is 5.81. The second kappa shape index (κ2) is 14.5. The van der Waals surface area contributed by atoms with Gasteiger partial charge in [0.25, 0.3) is 0 Å². The summed E-state index contributed by atoms with van der Waals surface area (Å²) in [5, 5.41) is 0. The highest BCUT2D eigenvalue weighted by Gasteiger charge is 2.40. The first kappa shape index (κ1) is 30.6. The highest BCUT2D eigenvalue weighted by Crippen LogP contribution is 2.30. The van der Waals surface area contributed by atoms with Gasteiger partial charge in [0.05, 0.1) is 31.2 Å². The van der Waals surface area contributed by atoms with E-state index in [-0.39, 0.29) is 31.1 Å². The zero-order valence-electron chi connectivity index (χ0n) is 23.6. The number of esters is 1. The molecule has 0 N–H and O–H groups in total. The maximum Gasteiger partial charge on any atom is 0.311 e. The van der Waals surface area contributed by atoms with Gasteiger partial charge in [0.15, 0.2) is 0 Å². The van der Waals surface area contributed by atoms with Crippen LogP contribution in [0.25, 0.3) is 11.5 Å². The minimum Gasteiger partial charge on any atom is -0.493 e. The third-order valence-electron chi connectivity index (χ3n) is 7.50. The fourth-order valence-electron chi connectivity index (χ4n) is 5.38. The van der Waals surface area contributed by atoms with Gasteiger partial charge in [0.2, 0.25) is 11.8 Å². The molecule has 0 saturated carbocycles. The third-order valence-corrected chi connectivity index (χ3v) is 7.50. The molecule has 7 heteroatoms. The van der Waals surface area contributed by atoms with Crippen LogP contribution in [0, 0.1) is 18.8 Å². The van der Waals surface area contributed by atoms with Gasteiger partial charge in [-0.05, 0) is 61.6 Å². The predicted octanol–water partition coefficient (Wildman–Crippen LogP) is 6.33. The van der Waals surface area contributed by atoms with Crippen molar-refractivity contribution >= 4 is 11.9 Å². The lowest BCUT2D eigenvalue weighted by Gasteiger charge is -2.17. The SMILES string of the molecule is C.CCOC(=O)[C@H]1CN(C(=O)Cc2ccccc2)C[C@H]1Cc1cccc(OCCc2nc(-c3ccccc3)oc2C)c1. The summed E-state index contributed by atoms with van der Waals surface area (Å²) in [6.45, 7) is 5.42. The Labute approximate surface area is 248 Å². The Morgan fingerprint density at radius 1 is 0.952 bits per heavy atom. The number of aromatic nitrogens is 1. The van der Waals surface area contributed by atoms with Gasteiger partial charge in [0, 0.05) is 25.1 Å². The molecule has 0 aliphatic carbocycles. The summed E-state index contributed by atoms with van der Waals surface area (Å²) < 4.78 is 17.3. The number of hydrogen-bond donors (Lipinski definition) is 0. The lowest BCUT2D eigenvalue weighted by molar-refractivity contribution is -0.148. The van der Waals surface area contributed by atoms with E-state index in [0.717, 1.165) is 33.9 Å². The minimum atomic E-state index is -0.354. The molecular weight excluding hydrogens is 528 g/mol. The van der Waals surface area contributed by atoms with Crippen LogP contribution in [-0.2, 0) is 33.6 Å². The molecule has 0 unspecified atom stereocenters. The van der Waals surface area contributed by atoms with Crippen molar-refractivity contribution in [3.05, 3.63) is 108 Å². The summed E-state index contributed by atoms with van der Waals surface area (Å²) in [7, 11) is 0. The van der Waals surface area contributed by atoms with Gasteiger partial charge in [-0.2, -0.15) is 0 Å². The number of nitrogens with zero attached hydrogens (tertiary/aromatic N) is 2. The fraction of sp³-hybridized carbons (Fsp3) is 0.343. The Morgan fingerprint density at radius 3 is 2.40 bits per heavy atom. The summed E-state index contributed by atoms with van der Waals surface area (Å²) in [6.07, 6.45) is 1.60. The van der Waals surface area contributed by atoms with Crippen molar-refractivity contribution in [2.45, 2.75) is 40.5 Å². The average Bonchev–Trinajstić information content (AvgIpc) is 3.58. The smallest absolute Gasteiger partial charge is 0.311 e. The molecular formula is C35H40N2O5. The first-order valence-corrected chi connectivity index (χ1v) is 14.2. The van der Waals surface area contributed by atoms with E-state index in [2.05, 4.69) is 4.98 Å². The molecule has 2 heterocycles. The lowest BCUT2D eigenvalue weighted by atomic mass is 9.89. The van der Waals surface area contributed by atoms with E-state index in [0.29, 0.717) is 51.5 Å². The van der Waals surface area contributed by atoms with Gasteiger partial charge in [0.1, 0.15) is 11.5 Å². The third kappa shape index (κ3) is 7.66. The van der Waals surface area contributed by atoms with E-state index in [1.165, 1.54) is 0 Å². The lowest BCUT2D eigenvalue weighted by Crippen LogP contribution is -2.31. The number of carbonyl (C=O) groups excluding carboxylic acids is 2. The molecule has 0 radical (unpaired) electrons. The first-order chi connectivity index (χ1) is 20.0. The zero-order chi connectivity index (χ0) is 28.6. The number of aryl methyl sites for hydroxylation is 1. The second-order valence-corrected chi connectivity index (χ2v) is 10.4. The van der Waals surface area contributed by atoms with Crippen molar-refractivity contribution in [1.29, 1.82) is 0 Å². The number of ether oxygens (including phenoxy) is 2. The van der Waals surface area contributed by atoms with E-state index < -0.39 is 0 Å². The summed E-state index contributed by atoms with van der Waals surface area (Å²) in [5.41, 5.74) is 3.85. The largest absolute Gasteiger partial charge is 0.493 e. The van der Waals surface area contributed by atoms with Crippen molar-refractivity contribution in [3.8, 4) is 17.2 Å². The topological polar surface area (TPSA) is 81.9 Å². The van der Waals surface area contributed by atoms with Crippen LogP contribution in [0.2, 0.25) is 0 Å². The van der Waals surface area contributed by atoms with Crippen molar-refractivity contribution < 1.29 is 23.5 Å². The molecule has 7 nitrogen and oxygen atoms in total. The normalized spacial score (nSPS) is 16.1. The Kier molecular flexibility index (Phi) is 10.5. The average molecular weight is 569 g/mol. The molecule has 220 valence electrons. The van der Waals surface area contributed by atoms with E-state index in [1.807, 2.05) is 104 Å². The van der Waals surface area contributed by atoms with Crippen LogP contribution in [0.1, 0.15) is 36.9 Å². The molecule has 1 saturated heterocycles. The van der Waals surface area contributed by atoms with Crippen LogP contribution >= 0.6 is 0 Å². The number of carbonyl (C=O) groups is 2. The van der Waals surface area contributed by atoms with Crippen LogP contribution in [0.5, 0.6) is 5.75 Å². The van der Waals surface area contributed by atoms with E-state index in [1.54, 1.807) is 0 Å². The van der Waals surface area contributed by atoms with Crippen molar-refractivity contribution in [1.82, 2.24) is 9.88 Å². The van der Waals surface area contributed by atoms with Crippen molar-refractivity contribution in [2.24, 2.45) is 11.8 Å². The molecule has 3 aromatic carbocycles. The van der Waals surface area contributed by atoms with Gasteiger partial charge >= 0.3 is 5.97 Å². The monoisotopic (exact) mass is 568 g/mol. The molecule has 1 aromatic heterocycles. The standard InChI is InChI=1S/C34H36N2O5.CH4/c1-3-39-34(38)30-23-36(32(37)21-25-11-6-4-7-12-25)22-28(30)19-26-13-10-16-29(20-26)40-18-17-31-24(2)41-33(35-31)27-14-8-5-9-15-27;/h4-16,20,28,30H,3,17-19,21-23H2,1-2H3;1H4/t28-,30+;/m1./s1. The van der Waals surface area contributed by atoms with Crippen LogP contribution in [0.15, 0.2) is 89.3 Å². The Balaban J connectivity index is 0.00000405. The van der Waals surface area contributed by atoms with Crippen molar-refractivity contribution in [2.75, 3.05) is 26.3 Å². The van der Waals surface area contributed by atoms with Gasteiger partial charge in [-0.3, -0.25) is 9.59 Å². The molecule has 42 heavy (non-hydrogen) atoms. The maximum absolute atomic E-state index is 13.1. The van der Waals surface area contributed by atoms with Crippen LogP contribution in [0.3, 0.4) is 0 Å². The zero-order valence-corrected chi connectivity index (χ0v) is 23.6. The fourth-order valence-corrected chi connectivity index (χ4v) is 5.38. The number of hydrogen-bond acceptors (Lipinski definition) is 6. The molecule has 1 fully saturated rings. The van der Waals surface area contributed by atoms with Gasteiger partial charge < -0.3 is 18.8 Å². The van der Waals surface area contributed by atoms with Crippen LogP contribution < -0.4 is 4.74 Å². The molecule has 4 aromatic rings. The predicted molar refractivity (Wildman–Crippen MR) is 163 cm³/mol. The van der Waals surface area contributed by atoms with E-state index in [9.17, 15) is 9.59 Å². The molecule has 0 spiro atoms. The van der Waals surface area contributed by atoms with E-state index in [4.69, 9.17) is 13.9 Å². The summed E-state index contributed by atoms with van der Waals surface area (Å²) in [6, 6.07) is 27.5. The van der Waals surface area contributed by atoms with E-state index >= 15 is 0 Å². The Hall–Kier alpha value is -4.39. The number of benzene rings is 3. The number of rotatable bonds is 11. The number of oxazole rings is 1. The molecule has 1 aliphatic heterocycles. The number of likely N-dealkylation sites (tertiary alicyclic amines) is 1. The molecule has 1 amide bonds. The quantitative estimate of drug-likeness (QED) is 0.197.